The van der Waals surface area contributed by atoms with Crippen LogP contribution < -0.4 is 5.32 Å². The molecule has 0 aliphatic carbocycles. The van der Waals surface area contributed by atoms with Crippen molar-refractivity contribution in [3.63, 3.8) is 0 Å². The number of hydrogen-bond acceptors (Lipinski definition) is 3. The van der Waals surface area contributed by atoms with Crippen molar-refractivity contribution < 1.29 is 4.79 Å². The molecular formula is C21H26N4O. The molecular weight excluding hydrogens is 324 g/mol. The number of hydrogen-bond donors (Lipinski definition) is 2. The van der Waals surface area contributed by atoms with Crippen molar-refractivity contribution in [2.45, 2.75) is 26.3 Å². The predicted octanol–water partition coefficient (Wildman–Crippen LogP) is 4.14. The average molecular weight is 350 g/mol. The minimum absolute atomic E-state index is 0.0355. The molecule has 3 rings (SSSR count). The molecule has 1 aromatic carbocycles. The Morgan fingerprint density at radius 2 is 1.88 bits per heavy atom. The second-order valence-electron chi connectivity index (χ2n) is 7.27. The first-order chi connectivity index (χ1) is 12.5. The minimum Gasteiger partial charge on any atom is -0.346 e. The van der Waals surface area contributed by atoms with Crippen LogP contribution in [0.25, 0.3) is 22.2 Å². The van der Waals surface area contributed by atoms with Gasteiger partial charge in [-0.3, -0.25) is 9.69 Å². The SMILES string of the molecule is CC(C)C[C@H](C(=O)Nc1ccc(-c2ccnc3[nH]ccc23)cc1)N(C)C. The number of nitrogens with one attached hydrogen (secondary N) is 2. The van der Waals surface area contributed by atoms with Crippen LogP contribution in [-0.4, -0.2) is 40.9 Å². The fourth-order valence-corrected chi connectivity index (χ4v) is 3.17. The van der Waals surface area contributed by atoms with Crippen molar-refractivity contribution in [2.24, 2.45) is 5.92 Å². The third-order valence-electron chi connectivity index (χ3n) is 4.54. The molecule has 26 heavy (non-hydrogen) atoms. The third kappa shape index (κ3) is 3.94. The lowest BCUT2D eigenvalue weighted by Crippen LogP contribution is -2.40. The Kier molecular flexibility index (Phi) is 5.38. The van der Waals surface area contributed by atoms with E-state index in [1.807, 2.05) is 61.6 Å². The molecule has 5 nitrogen and oxygen atoms in total. The standard InChI is InChI=1S/C21H26N4O/c1-14(2)13-19(25(3)4)21(26)24-16-7-5-15(6-8-16)17-9-11-22-20-18(17)10-12-23-20/h5-12,14,19H,13H2,1-4H3,(H,22,23)(H,24,26)/t19-/m1/s1. The highest BCUT2D eigenvalue weighted by Crippen LogP contribution is 2.28. The zero-order valence-electron chi connectivity index (χ0n) is 15.8. The van der Waals surface area contributed by atoms with Crippen LogP contribution in [0.1, 0.15) is 20.3 Å². The summed E-state index contributed by atoms with van der Waals surface area (Å²) in [4.78, 5) is 22.1. The van der Waals surface area contributed by atoms with E-state index in [2.05, 4.69) is 29.1 Å². The highest BCUT2D eigenvalue weighted by atomic mass is 16.2. The van der Waals surface area contributed by atoms with Crippen LogP contribution in [0.5, 0.6) is 0 Å². The number of likely N-dealkylation sites (N-methyl/N-ethyl adjacent to an activating group) is 1. The number of carbonyl (C=O) groups excluding carboxylic acids is 1. The molecule has 0 unspecified atom stereocenters. The van der Waals surface area contributed by atoms with E-state index in [4.69, 9.17) is 0 Å². The number of pyridine rings is 1. The molecule has 0 saturated heterocycles. The van der Waals surface area contributed by atoms with Gasteiger partial charge >= 0.3 is 0 Å². The van der Waals surface area contributed by atoms with Crippen molar-refractivity contribution in [3.05, 3.63) is 48.8 Å². The number of H-pyrrole nitrogens is 1. The van der Waals surface area contributed by atoms with Crippen LogP contribution >= 0.6 is 0 Å². The maximum Gasteiger partial charge on any atom is 0.241 e. The number of aromatic nitrogens is 2. The molecule has 0 radical (unpaired) electrons. The summed E-state index contributed by atoms with van der Waals surface area (Å²) < 4.78 is 0. The molecule has 3 aromatic rings. The summed E-state index contributed by atoms with van der Waals surface area (Å²) in [7, 11) is 3.89. The van der Waals surface area contributed by atoms with E-state index < -0.39 is 0 Å². The molecule has 0 saturated carbocycles. The van der Waals surface area contributed by atoms with Gasteiger partial charge in [-0.05, 0) is 61.8 Å². The molecule has 136 valence electrons. The molecule has 1 amide bonds. The maximum absolute atomic E-state index is 12.6. The largest absolute Gasteiger partial charge is 0.346 e. The Balaban J connectivity index is 1.77. The van der Waals surface area contributed by atoms with Crippen molar-refractivity contribution in [3.8, 4) is 11.1 Å². The maximum atomic E-state index is 12.6. The normalized spacial score (nSPS) is 12.7. The lowest BCUT2D eigenvalue weighted by Gasteiger charge is -2.25. The molecule has 0 fully saturated rings. The van der Waals surface area contributed by atoms with Crippen molar-refractivity contribution in [1.82, 2.24) is 14.9 Å². The van der Waals surface area contributed by atoms with E-state index in [0.717, 1.165) is 34.3 Å². The first-order valence-electron chi connectivity index (χ1n) is 8.95. The van der Waals surface area contributed by atoms with Crippen LogP contribution in [0.2, 0.25) is 0 Å². The lowest BCUT2D eigenvalue weighted by molar-refractivity contribution is -0.120. The quantitative estimate of drug-likeness (QED) is 0.702. The fourth-order valence-electron chi connectivity index (χ4n) is 3.17. The highest BCUT2D eigenvalue weighted by molar-refractivity contribution is 5.96. The Morgan fingerprint density at radius 1 is 1.15 bits per heavy atom. The predicted molar refractivity (Wildman–Crippen MR) is 107 cm³/mol. The zero-order valence-corrected chi connectivity index (χ0v) is 15.8. The van der Waals surface area contributed by atoms with Gasteiger partial charge in [-0.2, -0.15) is 0 Å². The summed E-state index contributed by atoms with van der Waals surface area (Å²) in [5.74, 6) is 0.499. The fraction of sp³-hybridized carbons (Fsp3) is 0.333. The number of anilines is 1. The molecule has 0 spiro atoms. The van der Waals surface area contributed by atoms with Gasteiger partial charge in [-0.1, -0.05) is 26.0 Å². The van der Waals surface area contributed by atoms with Gasteiger partial charge in [0.05, 0.1) is 6.04 Å². The molecule has 0 aliphatic rings. The van der Waals surface area contributed by atoms with Crippen molar-refractivity contribution in [2.75, 3.05) is 19.4 Å². The molecule has 2 N–H and O–H groups in total. The van der Waals surface area contributed by atoms with E-state index in [0.29, 0.717) is 5.92 Å². The van der Waals surface area contributed by atoms with Gasteiger partial charge in [0.25, 0.3) is 0 Å². The lowest BCUT2D eigenvalue weighted by atomic mass is 10.0. The topological polar surface area (TPSA) is 61.0 Å². The minimum atomic E-state index is -0.130. The number of nitrogens with zero attached hydrogens (tertiary/aromatic N) is 2. The number of carbonyl (C=O) groups is 1. The number of amides is 1. The third-order valence-corrected chi connectivity index (χ3v) is 4.54. The first-order valence-corrected chi connectivity index (χ1v) is 8.95. The summed E-state index contributed by atoms with van der Waals surface area (Å²) in [6, 6.07) is 11.9. The smallest absolute Gasteiger partial charge is 0.241 e. The molecule has 0 bridgehead atoms. The van der Waals surface area contributed by atoms with Crippen LogP contribution in [-0.2, 0) is 4.79 Å². The second kappa shape index (κ2) is 7.70. The van der Waals surface area contributed by atoms with Gasteiger partial charge in [-0.25, -0.2) is 4.98 Å². The van der Waals surface area contributed by atoms with Crippen LogP contribution in [0.3, 0.4) is 0 Å². The van der Waals surface area contributed by atoms with Crippen LogP contribution in [0.15, 0.2) is 48.8 Å². The van der Waals surface area contributed by atoms with Gasteiger partial charge < -0.3 is 10.3 Å². The van der Waals surface area contributed by atoms with Crippen LogP contribution in [0, 0.1) is 5.92 Å². The molecule has 5 heteroatoms. The second-order valence-corrected chi connectivity index (χ2v) is 7.27. The molecule has 1 atom stereocenters. The van der Waals surface area contributed by atoms with E-state index in [1.54, 1.807) is 6.20 Å². The summed E-state index contributed by atoms with van der Waals surface area (Å²) in [6.07, 6.45) is 4.53. The van der Waals surface area contributed by atoms with Crippen molar-refractivity contribution >= 4 is 22.6 Å². The Bertz CT molecular complexity index is 880. The highest BCUT2D eigenvalue weighted by Gasteiger charge is 2.21. The van der Waals surface area contributed by atoms with Crippen LogP contribution in [0.4, 0.5) is 5.69 Å². The number of rotatable bonds is 6. The van der Waals surface area contributed by atoms with E-state index in [1.165, 1.54) is 0 Å². The summed E-state index contributed by atoms with van der Waals surface area (Å²) >= 11 is 0. The molecule has 2 heterocycles. The van der Waals surface area contributed by atoms with Gasteiger partial charge in [0.15, 0.2) is 0 Å². The van der Waals surface area contributed by atoms with E-state index in [9.17, 15) is 4.79 Å². The van der Waals surface area contributed by atoms with Gasteiger partial charge in [0.1, 0.15) is 5.65 Å². The Labute approximate surface area is 154 Å². The first kappa shape index (κ1) is 18.1. The Hall–Kier alpha value is -2.66. The number of benzene rings is 1. The zero-order chi connectivity index (χ0) is 18.7. The monoisotopic (exact) mass is 350 g/mol. The van der Waals surface area contributed by atoms with Crippen molar-refractivity contribution in [1.29, 1.82) is 0 Å². The number of aromatic amines is 1. The number of fused-ring (bicyclic) bond motifs is 1. The van der Waals surface area contributed by atoms with E-state index in [-0.39, 0.29) is 11.9 Å². The summed E-state index contributed by atoms with van der Waals surface area (Å²) in [5.41, 5.74) is 3.91. The summed E-state index contributed by atoms with van der Waals surface area (Å²) in [5, 5.41) is 4.13. The molecule has 0 aliphatic heterocycles. The van der Waals surface area contributed by atoms with E-state index >= 15 is 0 Å². The van der Waals surface area contributed by atoms with Gasteiger partial charge in [-0.15, -0.1) is 0 Å². The average Bonchev–Trinajstić information content (AvgIpc) is 3.08. The summed E-state index contributed by atoms with van der Waals surface area (Å²) in [6.45, 7) is 4.27. The Morgan fingerprint density at radius 3 is 2.54 bits per heavy atom. The van der Waals surface area contributed by atoms with Gasteiger partial charge in [0.2, 0.25) is 5.91 Å². The van der Waals surface area contributed by atoms with Gasteiger partial charge in [0, 0.05) is 23.5 Å². The molecule has 2 aromatic heterocycles.